The molecular weight excluding hydrogens is 517 g/mol. The lowest BCUT2D eigenvalue weighted by atomic mass is 9.91. The Morgan fingerprint density at radius 3 is 2.22 bits per heavy atom. The Kier molecular flexibility index (Phi) is 11.6. The molecule has 3 N–H and O–H groups in total. The van der Waals surface area contributed by atoms with Crippen molar-refractivity contribution in [3.05, 3.63) is 29.3 Å². The summed E-state index contributed by atoms with van der Waals surface area (Å²) in [6.45, 7) is 11.3. The summed E-state index contributed by atoms with van der Waals surface area (Å²) in [6.07, 6.45) is 3.51. The van der Waals surface area contributed by atoms with Crippen LogP contribution in [0.15, 0.2) is 23.2 Å². The Bertz CT molecular complexity index is 753. The van der Waals surface area contributed by atoms with E-state index in [0.29, 0.717) is 12.6 Å². The number of rotatable bonds is 6. The number of anilines is 1. The van der Waals surface area contributed by atoms with E-state index >= 15 is 0 Å². The molecule has 1 saturated carbocycles. The van der Waals surface area contributed by atoms with E-state index < -0.39 is 5.60 Å². The fourth-order valence-corrected chi connectivity index (χ4v) is 3.67. The van der Waals surface area contributed by atoms with Crippen molar-refractivity contribution in [1.29, 1.82) is 0 Å². The van der Waals surface area contributed by atoms with Gasteiger partial charge in [-0.15, -0.1) is 24.0 Å². The van der Waals surface area contributed by atoms with E-state index in [1.807, 2.05) is 20.8 Å². The Morgan fingerprint density at radius 1 is 1.12 bits per heavy atom. The van der Waals surface area contributed by atoms with Crippen LogP contribution in [0.25, 0.3) is 0 Å². The third kappa shape index (κ3) is 9.83. The first-order valence-electron chi connectivity index (χ1n) is 11.4. The molecule has 7 nitrogen and oxygen atoms in total. The van der Waals surface area contributed by atoms with E-state index in [4.69, 9.17) is 9.73 Å². The molecule has 1 amide bonds. The number of carbonyl (C=O) groups excluding carboxylic acids is 1. The van der Waals surface area contributed by atoms with Crippen LogP contribution in [0, 0.1) is 6.92 Å². The summed E-state index contributed by atoms with van der Waals surface area (Å²) in [6, 6.07) is 7.02. The number of aryl methyl sites for hydroxylation is 1. The van der Waals surface area contributed by atoms with Gasteiger partial charge in [-0.1, -0.05) is 6.07 Å². The van der Waals surface area contributed by atoms with Gasteiger partial charge >= 0.3 is 6.09 Å². The van der Waals surface area contributed by atoms with Crippen molar-refractivity contribution < 1.29 is 9.53 Å². The van der Waals surface area contributed by atoms with Crippen molar-refractivity contribution in [1.82, 2.24) is 16.0 Å². The second kappa shape index (κ2) is 13.1. The summed E-state index contributed by atoms with van der Waals surface area (Å²) in [7, 11) is 4.11. The average molecular weight is 560 g/mol. The molecule has 0 spiro atoms. The minimum Gasteiger partial charge on any atom is -0.444 e. The van der Waals surface area contributed by atoms with E-state index in [1.165, 1.54) is 16.8 Å². The van der Waals surface area contributed by atoms with Crippen LogP contribution in [0.5, 0.6) is 0 Å². The van der Waals surface area contributed by atoms with Crippen molar-refractivity contribution in [2.24, 2.45) is 4.99 Å². The largest absolute Gasteiger partial charge is 0.444 e. The summed E-state index contributed by atoms with van der Waals surface area (Å²) in [5.74, 6) is 0.849. The number of halogens is 1. The Hall–Kier alpha value is -1.71. The highest BCUT2D eigenvalue weighted by atomic mass is 127. The van der Waals surface area contributed by atoms with Crippen LogP contribution in [0.4, 0.5) is 10.5 Å². The van der Waals surface area contributed by atoms with Gasteiger partial charge in [-0.2, -0.15) is 0 Å². The van der Waals surface area contributed by atoms with Crippen molar-refractivity contribution in [3.8, 4) is 0 Å². The molecule has 32 heavy (non-hydrogen) atoms. The number of aliphatic imine (C=N–C) groups is 1. The first kappa shape index (κ1) is 28.3. The van der Waals surface area contributed by atoms with E-state index in [-0.39, 0.29) is 36.1 Å². The quantitative estimate of drug-likeness (QED) is 0.271. The molecule has 1 aromatic carbocycles. The zero-order valence-electron chi connectivity index (χ0n) is 20.7. The molecule has 0 aliphatic heterocycles. The topological polar surface area (TPSA) is 78.0 Å². The van der Waals surface area contributed by atoms with E-state index in [9.17, 15) is 4.79 Å². The van der Waals surface area contributed by atoms with Crippen LogP contribution < -0.4 is 20.9 Å². The first-order valence-corrected chi connectivity index (χ1v) is 11.4. The smallest absolute Gasteiger partial charge is 0.407 e. The van der Waals surface area contributed by atoms with Crippen molar-refractivity contribution in [3.63, 3.8) is 0 Å². The molecule has 0 aromatic heterocycles. The number of nitrogens with one attached hydrogen (secondary N) is 3. The summed E-state index contributed by atoms with van der Waals surface area (Å²) in [5, 5.41) is 9.94. The molecule has 0 radical (unpaired) electrons. The van der Waals surface area contributed by atoms with Crippen LogP contribution in [-0.4, -0.2) is 50.4 Å². The summed E-state index contributed by atoms with van der Waals surface area (Å²) in [5.41, 5.74) is 3.21. The third-order valence-corrected chi connectivity index (χ3v) is 5.38. The molecule has 8 heteroatoms. The minimum atomic E-state index is -0.467. The number of guanidine groups is 1. The van der Waals surface area contributed by atoms with Gasteiger partial charge in [-0.05, 0) is 83.6 Å². The van der Waals surface area contributed by atoms with Gasteiger partial charge in [0.2, 0.25) is 0 Å². The number of amides is 1. The molecule has 0 bridgehead atoms. The lowest BCUT2D eigenvalue weighted by Gasteiger charge is -2.31. The van der Waals surface area contributed by atoms with Gasteiger partial charge < -0.3 is 25.6 Å². The SMILES string of the molecule is CCNC(=NCc1ccc(N(C)C)cc1C)NC1CCC(NC(=O)OC(C)(C)C)CC1.I. The van der Waals surface area contributed by atoms with E-state index in [1.54, 1.807) is 0 Å². The standard InChI is InChI=1S/C24H41N5O2.HI/c1-8-25-22(26-16-18-9-14-21(29(6)7)15-17(18)2)27-19-10-12-20(13-11-19)28-23(30)31-24(3,4)5;/h9,14-15,19-20H,8,10-13,16H2,1-7H3,(H,28,30)(H2,25,26,27);1H. The number of hydrogen-bond acceptors (Lipinski definition) is 4. The molecule has 0 atom stereocenters. The van der Waals surface area contributed by atoms with E-state index in [2.05, 4.69) is 67.0 Å². The van der Waals surface area contributed by atoms with E-state index in [0.717, 1.165) is 38.2 Å². The van der Waals surface area contributed by atoms with Crippen LogP contribution in [0.3, 0.4) is 0 Å². The normalized spacial score (nSPS) is 18.9. The van der Waals surface area contributed by atoms with Gasteiger partial charge in [0.25, 0.3) is 0 Å². The number of nitrogens with zero attached hydrogens (tertiary/aromatic N) is 2. The molecule has 2 rings (SSSR count). The maximum absolute atomic E-state index is 12.0. The monoisotopic (exact) mass is 559 g/mol. The molecular formula is C24H42IN5O2. The molecule has 0 unspecified atom stereocenters. The van der Waals surface area contributed by atoms with Crippen molar-refractivity contribution in [2.75, 3.05) is 25.5 Å². The molecule has 1 fully saturated rings. The first-order chi connectivity index (χ1) is 14.6. The fourth-order valence-electron chi connectivity index (χ4n) is 3.67. The maximum atomic E-state index is 12.0. The van der Waals surface area contributed by atoms with Gasteiger partial charge in [0, 0.05) is 38.4 Å². The van der Waals surface area contributed by atoms with Gasteiger partial charge in [-0.25, -0.2) is 9.79 Å². The molecule has 1 aromatic rings. The Labute approximate surface area is 211 Å². The van der Waals surface area contributed by atoms with Gasteiger partial charge in [0.15, 0.2) is 5.96 Å². The summed E-state index contributed by atoms with van der Waals surface area (Å²) in [4.78, 5) is 18.9. The molecule has 1 aliphatic carbocycles. The van der Waals surface area contributed by atoms with Crippen molar-refractivity contribution >= 4 is 41.7 Å². The summed E-state index contributed by atoms with van der Waals surface area (Å²) < 4.78 is 5.37. The fraction of sp³-hybridized carbons (Fsp3) is 0.667. The number of alkyl carbamates (subject to hydrolysis) is 1. The van der Waals surface area contributed by atoms with Crippen LogP contribution in [0.2, 0.25) is 0 Å². The third-order valence-electron chi connectivity index (χ3n) is 5.38. The molecule has 0 heterocycles. The van der Waals surface area contributed by atoms with Crippen LogP contribution in [0.1, 0.15) is 64.5 Å². The molecule has 1 aliphatic rings. The Morgan fingerprint density at radius 2 is 1.72 bits per heavy atom. The van der Waals surface area contributed by atoms with Gasteiger partial charge in [0.05, 0.1) is 6.54 Å². The highest BCUT2D eigenvalue weighted by molar-refractivity contribution is 14.0. The molecule has 182 valence electrons. The highest BCUT2D eigenvalue weighted by Gasteiger charge is 2.25. The second-order valence-corrected chi connectivity index (χ2v) is 9.54. The zero-order chi connectivity index (χ0) is 23.0. The predicted molar refractivity (Wildman–Crippen MR) is 144 cm³/mol. The number of carbonyl (C=O) groups is 1. The van der Waals surface area contributed by atoms with Crippen molar-refractivity contribution in [2.45, 2.75) is 84.5 Å². The lowest BCUT2D eigenvalue weighted by molar-refractivity contribution is 0.0490. The maximum Gasteiger partial charge on any atom is 0.407 e. The molecule has 0 saturated heterocycles. The number of hydrogen-bond donors (Lipinski definition) is 3. The number of ether oxygens (including phenoxy) is 1. The average Bonchev–Trinajstić information content (AvgIpc) is 2.67. The number of benzene rings is 1. The van der Waals surface area contributed by atoms with Gasteiger partial charge in [-0.3, -0.25) is 0 Å². The minimum absolute atomic E-state index is 0. The van der Waals surface area contributed by atoms with Crippen LogP contribution >= 0.6 is 24.0 Å². The predicted octanol–water partition coefficient (Wildman–Crippen LogP) is 4.57. The second-order valence-electron chi connectivity index (χ2n) is 9.54. The highest BCUT2D eigenvalue weighted by Crippen LogP contribution is 2.20. The Balaban J connectivity index is 0.00000512. The zero-order valence-corrected chi connectivity index (χ0v) is 23.1. The summed E-state index contributed by atoms with van der Waals surface area (Å²) >= 11 is 0. The lowest BCUT2D eigenvalue weighted by Crippen LogP contribution is -2.48. The van der Waals surface area contributed by atoms with Crippen LogP contribution in [-0.2, 0) is 11.3 Å². The van der Waals surface area contributed by atoms with Gasteiger partial charge in [0.1, 0.15) is 5.60 Å².